The number of rotatable bonds is 0. The van der Waals surface area contributed by atoms with Crippen LogP contribution in [0.4, 0.5) is 0 Å². The van der Waals surface area contributed by atoms with Crippen molar-refractivity contribution in [2.45, 2.75) is 242 Å². The first kappa shape index (κ1) is 72.7. The fourth-order valence-corrected chi connectivity index (χ4v) is 17.1. The summed E-state index contributed by atoms with van der Waals surface area (Å²) < 4.78 is 0. The van der Waals surface area contributed by atoms with E-state index in [1.54, 1.807) is 0 Å². The van der Waals surface area contributed by atoms with Crippen LogP contribution in [-0.2, 0) is 61.6 Å². The zero-order chi connectivity index (χ0) is 74.6. The van der Waals surface area contributed by atoms with Gasteiger partial charge in [-0.15, -0.1) is 0 Å². The van der Waals surface area contributed by atoms with Crippen LogP contribution in [0, 0.1) is 0 Å². The van der Waals surface area contributed by atoms with Crippen molar-refractivity contribution in [2.24, 2.45) is 0 Å². The third-order valence-electron chi connectivity index (χ3n) is 23.0. The van der Waals surface area contributed by atoms with Crippen LogP contribution in [0.2, 0.25) is 0 Å². The van der Waals surface area contributed by atoms with Gasteiger partial charge in [-0.1, -0.05) is 368 Å². The van der Waals surface area contributed by atoms with Crippen LogP contribution in [0.15, 0.2) is 194 Å². The molecule has 0 saturated heterocycles. The Morgan fingerprint density at radius 3 is 0.942 bits per heavy atom. The molecule has 0 N–H and O–H groups in total. The molecule has 103 heavy (non-hydrogen) atoms. The van der Waals surface area contributed by atoms with Crippen LogP contribution in [0.3, 0.4) is 0 Å². The van der Waals surface area contributed by atoms with Crippen molar-refractivity contribution in [3.05, 3.63) is 283 Å². The normalized spacial score (nSPS) is 14.3. The second-order valence-electron chi connectivity index (χ2n) is 39.4. The largest absolute Gasteiger partial charge is 0.289 e. The van der Waals surface area contributed by atoms with Crippen molar-refractivity contribution in [2.75, 3.05) is 0 Å². The highest BCUT2D eigenvalue weighted by molar-refractivity contribution is 6.26. The molecule has 0 atom stereocenters. The lowest BCUT2D eigenvalue weighted by molar-refractivity contribution is 0.104. The summed E-state index contributed by atoms with van der Waals surface area (Å²) in [4.78, 5) is 13.3. The van der Waals surface area contributed by atoms with Crippen molar-refractivity contribution < 1.29 is 4.79 Å². The van der Waals surface area contributed by atoms with Crippen LogP contribution in [0.5, 0.6) is 0 Å². The van der Waals surface area contributed by atoms with Crippen molar-refractivity contribution in [3.8, 4) is 44.5 Å². The molecule has 0 fully saturated rings. The predicted octanol–water partition coefficient (Wildman–Crippen LogP) is 28.4. The summed E-state index contributed by atoms with van der Waals surface area (Å²) in [5.74, 6) is 0.148. The second-order valence-corrected chi connectivity index (χ2v) is 39.4. The molecule has 0 amide bonds. The molecular formula is C102H114O. The lowest BCUT2D eigenvalue weighted by Gasteiger charge is -2.37. The molecule has 0 unspecified atom stereocenters. The molecule has 4 aliphatic carbocycles. The Morgan fingerprint density at radius 2 is 0.544 bits per heavy atom. The fraction of sp³-hybridized carbons (Fsp3) is 0.363. The van der Waals surface area contributed by atoms with E-state index in [0.717, 1.165) is 34.9 Å². The van der Waals surface area contributed by atoms with Gasteiger partial charge in [0.25, 0.3) is 0 Å². The van der Waals surface area contributed by atoms with E-state index in [9.17, 15) is 4.79 Å². The molecule has 1 nitrogen and oxygen atoms in total. The van der Waals surface area contributed by atoms with Crippen molar-refractivity contribution in [1.29, 1.82) is 0 Å². The minimum Gasteiger partial charge on any atom is -0.289 e. The lowest BCUT2D eigenvalue weighted by Crippen LogP contribution is -2.26. The highest BCUT2D eigenvalue weighted by Gasteiger charge is 2.37. The Labute approximate surface area is 619 Å². The van der Waals surface area contributed by atoms with Gasteiger partial charge >= 0.3 is 0 Å². The summed E-state index contributed by atoms with van der Waals surface area (Å²) in [6, 6.07) is 73.0. The number of carbonyl (C=O) groups excluding carboxylic acids is 1. The standard InChI is InChI=1S/C27H32.C25H26O.2C25H28/c1-25(2,3)17-12-13-18-19-10-9-11-20-21(26(4,5)6)14-15-22(24(19)20)27(7,8)23(18)16-17;1-24(2,3)15-10-11-16-17-8-7-9-18-21(25(4,5)6)13-12-19(22(17)18)23(26)20(16)14-15;2*1-24(2,3)18-11-12-19-17(15-18)14-16-10-13-22(25(4,5)6)21-9-7-8-20(19)23(16)21/h9-16H,1-8H3;7-14H,1-6H3;2*7-13,15H,14H2,1-6H3. The molecule has 0 heterocycles. The summed E-state index contributed by atoms with van der Waals surface area (Å²) in [5, 5.41) is 11.0. The van der Waals surface area contributed by atoms with Gasteiger partial charge in [0.1, 0.15) is 0 Å². The third kappa shape index (κ3) is 13.2. The molecule has 4 aliphatic rings. The number of hydrogen-bond acceptors (Lipinski definition) is 1. The number of benzene rings is 12. The first-order valence-corrected chi connectivity index (χ1v) is 38.2. The Kier molecular flexibility index (Phi) is 17.7. The maximum atomic E-state index is 13.3. The summed E-state index contributed by atoms with van der Waals surface area (Å²) >= 11 is 0. The molecule has 12 aromatic carbocycles. The number of ketones is 1. The van der Waals surface area contributed by atoms with Crippen molar-refractivity contribution >= 4 is 48.9 Å². The number of fused-ring (bicyclic) bond motifs is 8. The molecule has 0 spiro atoms. The quantitative estimate of drug-likeness (QED) is 0.148. The molecule has 0 bridgehead atoms. The lowest BCUT2D eigenvalue weighted by atomic mass is 9.66. The second kappa shape index (κ2) is 25.0. The Balaban J connectivity index is 0.000000122. The smallest absolute Gasteiger partial charge is 0.194 e. The van der Waals surface area contributed by atoms with Crippen molar-refractivity contribution in [3.63, 3.8) is 0 Å². The maximum absolute atomic E-state index is 13.3. The molecular weight excluding hydrogens is 1240 g/mol. The first-order chi connectivity index (χ1) is 47.8. The highest BCUT2D eigenvalue weighted by atomic mass is 16.1. The van der Waals surface area contributed by atoms with E-state index in [1.807, 2.05) is 6.07 Å². The van der Waals surface area contributed by atoms with Gasteiger partial charge in [-0.05, 0) is 222 Å². The summed E-state index contributed by atoms with van der Waals surface area (Å²) in [7, 11) is 0. The van der Waals surface area contributed by atoms with Gasteiger partial charge in [-0.3, -0.25) is 4.79 Å². The summed E-state index contributed by atoms with van der Waals surface area (Å²) in [5.41, 5.74) is 33.3. The Hall–Kier alpha value is -8.65. The van der Waals surface area contributed by atoms with E-state index < -0.39 is 0 Å². The van der Waals surface area contributed by atoms with Gasteiger partial charge < -0.3 is 0 Å². The van der Waals surface area contributed by atoms with E-state index in [0.29, 0.717) is 0 Å². The van der Waals surface area contributed by atoms with E-state index >= 15 is 0 Å². The molecule has 0 radical (unpaired) electrons. The Morgan fingerprint density at radius 1 is 0.233 bits per heavy atom. The zero-order valence-electron chi connectivity index (χ0n) is 67.3. The van der Waals surface area contributed by atoms with E-state index in [2.05, 4.69) is 368 Å². The molecule has 12 aromatic rings. The average Bonchev–Trinajstić information content (AvgIpc) is 0.722. The van der Waals surface area contributed by atoms with E-state index in [4.69, 9.17) is 0 Å². The van der Waals surface area contributed by atoms with Crippen LogP contribution < -0.4 is 0 Å². The maximum Gasteiger partial charge on any atom is 0.194 e. The molecule has 528 valence electrons. The average molecular weight is 1360 g/mol. The van der Waals surface area contributed by atoms with Crippen LogP contribution in [0.1, 0.15) is 274 Å². The van der Waals surface area contributed by atoms with E-state index in [-0.39, 0.29) is 54.5 Å². The first-order valence-electron chi connectivity index (χ1n) is 38.2. The fourth-order valence-electron chi connectivity index (χ4n) is 17.1. The van der Waals surface area contributed by atoms with Crippen LogP contribution >= 0.6 is 0 Å². The minimum absolute atomic E-state index is 0.000386. The van der Waals surface area contributed by atoms with Gasteiger partial charge in [0.15, 0.2) is 5.78 Å². The third-order valence-corrected chi connectivity index (χ3v) is 23.0. The van der Waals surface area contributed by atoms with Gasteiger partial charge in [-0.2, -0.15) is 0 Å². The van der Waals surface area contributed by atoms with E-state index in [1.165, 1.54) is 155 Å². The van der Waals surface area contributed by atoms with Gasteiger partial charge in [-0.25, -0.2) is 0 Å². The topological polar surface area (TPSA) is 17.1 Å². The van der Waals surface area contributed by atoms with Crippen molar-refractivity contribution in [1.82, 2.24) is 0 Å². The zero-order valence-corrected chi connectivity index (χ0v) is 67.3. The monoisotopic (exact) mass is 1350 g/mol. The van der Waals surface area contributed by atoms with Gasteiger partial charge in [0.2, 0.25) is 0 Å². The van der Waals surface area contributed by atoms with Crippen LogP contribution in [-0.4, -0.2) is 5.78 Å². The molecule has 0 aliphatic heterocycles. The SMILES string of the molecule is CC(C)(C)c1ccc2c(c1)C(=O)c1ccc(C(C)(C)C)c3cccc-2c13.CC(C)(C)c1ccc2c(c1)C(C)(C)c1ccc(C(C)(C)C)c3cccc-2c13.CC(C)(C)c1ccc2c(c1)Cc1ccc(C(C)(C)C)c3cccc-2c13.CC(C)(C)c1ccc2c(c1)Cc1ccc(C(C)(C)C)c3cccc-2c13. The number of hydrogen-bond donors (Lipinski definition) is 0. The molecule has 0 aromatic heterocycles. The number of carbonyl (C=O) groups is 1. The summed E-state index contributed by atoms with van der Waals surface area (Å²) in [6.45, 7) is 59.5. The molecule has 1 heteroatoms. The molecule has 0 saturated carbocycles. The highest BCUT2D eigenvalue weighted by Crippen LogP contribution is 2.53. The van der Waals surface area contributed by atoms with Gasteiger partial charge in [0.05, 0.1) is 0 Å². The van der Waals surface area contributed by atoms with Gasteiger partial charge in [0, 0.05) is 21.9 Å². The molecule has 16 rings (SSSR count). The van der Waals surface area contributed by atoms with Crippen LogP contribution in [0.25, 0.3) is 87.6 Å². The summed E-state index contributed by atoms with van der Waals surface area (Å²) in [6.07, 6.45) is 2.08. The Bertz CT molecular complexity index is 5250. The predicted molar refractivity (Wildman–Crippen MR) is 448 cm³/mol. The minimum atomic E-state index is -0.000386.